The first-order valence-electron chi connectivity index (χ1n) is 6.44. The molecule has 1 atom stereocenters. The largest absolute Gasteiger partial charge is 0.462 e. The van der Waals surface area contributed by atoms with Gasteiger partial charge in [0, 0.05) is 10.9 Å². The number of esters is 1. The van der Waals surface area contributed by atoms with Gasteiger partial charge in [-0.3, -0.25) is 4.79 Å². The van der Waals surface area contributed by atoms with Gasteiger partial charge < -0.3 is 15.8 Å². The minimum Gasteiger partial charge on any atom is -0.462 e. The highest BCUT2D eigenvalue weighted by Gasteiger charge is 2.12. The van der Waals surface area contributed by atoms with Crippen molar-refractivity contribution >= 4 is 33.5 Å². The zero-order valence-corrected chi connectivity index (χ0v) is 13.2. The molecule has 3 N–H and O–H groups in total. The van der Waals surface area contributed by atoms with E-state index in [9.17, 15) is 9.59 Å². The summed E-state index contributed by atoms with van der Waals surface area (Å²) in [5.74, 6) is -0.358. The molecule has 1 rings (SSSR count). The fraction of sp³-hybridized carbons (Fsp3) is 0.429. The lowest BCUT2D eigenvalue weighted by Crippen LogP contribution is -2.20. The van der Waals surface area contributed by atoms with Gasteiger partial charge in [-0.2, -0.15) is 0 Å². The standard InChI is InChI=1S/C14H19BrN2O3/c1-3-20-14(19)10-4-5-12(11(15)7-10)17-13(18)6-9(2)8-16/h4-5,7,9H,3,6,8,16H2,1-2H3,(H,17,18). The van der Waals surface area contributed by atoms with Crippen molar-refractivity contribution in [3.63, 3.8) is 0 Å². The van der Waals surface area contributed by atoms with Crippen LogP contribution in [-0.4, -0.2) is 25.0 Å². The van der Waals surface area contributed by atoms with Gasteiger partial charge in [-0.1, -0.05) is 6.92 Å². The minimum atomic E-state index is -0.386. The van der Waals surface area contributed by atoms with Gasteiger partial charge in [0.1, 0.15) is 0 Å². The van der Waals surface area contributed by atoms with E-state index in [1.54, 1.807) is 25.1 Å². The van der Waals surface area contributed by atoms with E-state index < -0.39 is 0 Å². The van der Waals surface area contributed by atoms with E-state index in [0.29, 0.717) is 35.3 Å². The lowest BCUT2D eigenvalue weighted by molar-refractivity contribution is -0.116. The third-order valence-electron chi connectivity index (χ3n) is 2.69. The molecule has 0 aliphatic rings. The molecule has 0 aromatic heterocycles. The van der Waals surface area contributed by atoms with Crippen LogP contribution in [0.5, 0.6) is 0 Å². The summed E-state index contributed by atoms with van der Waals surface area (Å²) >= 11 is 3.33. The quantitative estimate of drug-likeness (QED) is 0.778. The first kappa shape index (κ1) is 16.7. The van der Waals surface area contributed by atoms with E-state index >= 15 is 0 Å². The number of anilines is 1. The maximum atomic E-state index is 11.8. The summed E-state index contributed by atoms with van der Waals surface area (Å²) in [5, 5.41) is 2.78. The molecule has 1 amide bonds. The summed E-state index contributed by atoms with van der Waals surface area (Å²) in [6.45, 7) is 4.46. The fourth-order valence-electron chi connectivity index (χ4n) is 1.56. The third-order valence-corrected chi connectivity index (χ3v) is 3.35. The van der Waals surface area contributed by atoms with Gasteiger partial charge in [0.25, 0.3) is 0 Å². The number of hydrogen-bond donors (Lipinski definition) is 2. The van der Waals surface area contributed by atoms with E-state index in [4.69, 9.17) is 10.5 Å². The zero-order valence-electron chi connectivity index (χ0n) is 11.6. The molecule has 20 heavy (non-hydrogen) atoms. The summed E-state index contributed by atoms with van der Waals surface area (Å²) in [7, 11) is 0. The number of carbonyl (C=O) groups excluding carboxylic acids is 2. The molecule has 1 aromatic rings. The Hall–Kier alpha value is -1.40. The summed E-state index contributed by atoms with van der Waals surface area (Å²) in [4.78, 5) is 23.3. The summed E-state index contributed by atoms with van der Waals surface area (Å²) in [5.41, 5.74) is 6.54. The number of rotatable bonds is 6. The average molecular weight is 343 g/mol. The van der Waals surface area contributed by atoms with Gasteiger partial charge in [-0.15, -0.1) is 0 Å². The second-order valence-electron chi connectivity index (χ2n) is 4.51. The Balaban J connectivity index is 2.73. The molecule has 0 saturated heterocycles. The number of hydrogen-bond acceptors (Lipinski definition) is 4. The highest BCUT2D eigenvalue weighted by atomic mass is 79.9. The van der Waals surface area contributed by atoms with Crippen molar-refractivity contribution in [1.29, 1.82) is 0 Å². The van der Waals surface area contributed by atoms with Crippen molar-refractivity contribution in [3.8, 4) is 0 Å². The number of carbonyl (C=O) groups is 2. The van der Waals surface area contributed by atoms with Gasteiger partial charge in [0.05, 0.1) is 17.9 Å². The van der Waals surface area contributed by atoms with Gasteiger partial charge >= 0.3 is 5.97 Å². The van der Waals surface area contributed by atoms with Gasteiger partial charge in [0.2, 0.25) is 5.91 Å². The predicted molar refractivity (Wildman–Crippen MR) is 81.6 cm³/mol. The smallest absolute Gasteiger partial charge is 0.338 e. The first-order chi connectivity index (χ1) is 9.47. The Morgan fingerprint density at radius 2 is 2.15 bits per heavy atom. The lowest BCUT2D eigenvalue weighted by atomic mass is 10.1. The van der Waals surface area contributed by atoms with Crippen molar-refractivity contribution in [1.82, 2.24) is 0 Å². The Morgan fingerprint density at radius 1 is 1.45 bits per heavy atom. The first-order valence-corrected chi connectivity index (χ1v) is 7.23. The second-order valence-corrected chi connectivity index (χ2v) is 5.36. The molecule has 6 heteroatoms. The van der Waals surface area contributed by atoms with Crippen molar-refractivity contribution in [2.45, 2.75) is 20.3 Å². The molecular weight excluding hydrogens is 324 g/mol. The van der Waals surface area contributed by atoms with Gasteiger partial charge in [-0.25, -0.2) is 4.79 Å². The van der Waals surface area contributed by atoms with Crippen molar-refractivity contribution in [3.05, 3.63) is 28.2 Å². The van der Waals surface area contributed by atoms with Crippen LogP contribution >= 0.6 is 15.9 Å². The van der Waals surface area contributed by atoms with Crippen LogP contribution in [-0.2, 0) is 9.53 Å². The highest BCUT2D eigenvalue weighted by molar-refractivity contribution is 9.10. The molecule has 110 valence electrons. The number of halogens is 1. The molecule has 0 heterocycles. The number of benzene rings is 1. The molecule has 0 bridgehead atoms. The zero-order chi connectivity index (χ0) is 15.1. The van der Waals surface area contributed by atoms with E-state index in [2.05, 4.69) is 21.2 Å². The SMILES string of the molecule is CCOC(=O)c1ccc(NC(=O)CC(C)CN)c(Br)c1. The van der Waals surface area contributed by atoms with E-state index in [1.807, 2.05) is 6.92 Å². The third kappa shape index (κ3) is 4.94. The topological polar surface area (TPSA) is 81.4 Å². The van der Waals surface area contributed by atoms with Crippen molar-refractivity contribution < 1.29 is 14.3 Å². The van der Waals surface area contributed by atoms with Crippen molar-refractivity contribution in [2.75, 3.05) is 18.5 Å². The summed E-state index contributed by atoms with van der Waals surface area (Å²) in [6.07, 6.45) is 0.364. The number of nitrogens with two attached hydrogens (primary N) is 1. The maximum Gasteiger partial charge on any atom is 0.338 e. The molecule has 0 radical (unpaired) electrons. The number of amides is 1. The summed E-state index contributed by atoms with van der Waals surface area (Å²) in [6, 6.07) is 4.91. The molecule has 0 spiro atoms. The minimum absolute atomic E-state index is 0.104. The fourth-order valence-corrected chi connectivity index (χ4v) is 2.04. The molecule has 0 aliphatic carbocycles. The van der Waals surface area contributed by atoms with E-state index in [1.165, 1.54) is 0 Å². The number of nitrogens with one attached hydrogen (secondary N) is 1. The predicted octanol–water partition coefficient (Wildman–Crippen LogP) is 2.55. The molecule has 0 aliphatic heterocycles. The van der Waals surface area contributed by atoms with Crippen LogP contribution in [0.4, 0.5) is 5.69 Å². The number of ether oxygens (including phenoxy) is 1. The molecule has 1 aromatic carbocycles. The Morgan fingerprint density at radius 3 is 2.70 bits per heavy atom. The van der Waals surface area contributed by atoms with E-state index in [0.717, 1.165) is 0 Å². The van der Waals surface area contributed by atoms with Crippen LogP contribution in [0, 0.1) is 5.92 Å². The molecular formula is C14H19BrN2O3. The van der Waals surface area contributed by atoms with Crippen LogP contribution < -0.4 is 11.1 Å². The Bertz CT molecular complexity index is 491. The second kappa shape index (κ2) is 8.01. The molecule has 0 saturated carbocycles. The Labute approximate surface area is 127 Å². The highest BCUT2D eigenvalue weighted by Crippen LogP contribution is 2.24. The molecule has 0 fully saturated rings. The lowest BCUT2D eigenvalue weighted by Gasteiger charge is -2.11. The van der Waals surface area contributed by atoms with Crippen LogP contribution in [0.25, 0.3) is 0 Å². The van der Waals surface area contributed by atoms with E-state index in [-0.39, 0.29) is 17.8 Å². The Kier molecular flexibility index (Phi) is 6.67. The van der Waals surface area contributed by atoms with Crippen LogP contribution in [0.3, 0.4) is 0 Å². The maximum absolute atomic E-state index is 11.8. The van der Waals surface area contributed by atoms with Gasteiger partial charge in [-0.05, 0) is 53.5 Å². The average Bonchev–Trinajstić information content (AvgIpc) is 2.41. The van der Waals surface area contributed by atoms with Crippen molar-refractivity contribution in [2.24, 2.45) is 11.7 Å². The molecule has 5 nitrogen and oxygen atoms in total. The van der Waals surface area contributed by atoms with Crippen LogP contribution in [0.15, 0.2) is 22.7 Å². The molecule has 1 unspecified atom stereocenters. The van der Waals surface area contributed by atoms with Gasteiger partial charge in [0.15, 0.2) is 0 Å². The van der Waals surface area contributed by atoms with Crippen LogP contribution in [0.2, 0.25) is 0 Å². The summed E-state index contributed by atoms with van der Waals surface area (Å²) < 4.78 is 5.55. The van der Waals surface area contributed by atoms with Crippen LogP contribution in [0.1, 0.15) is 30.6 Å². The monoisotopic (exact) mass is 342 g/mol. The normalized spacial score (nSPS) is 11.8.